The predicted molar refractivity (Wildman–Crippen MR) is 85.0 cm³/mol. The fourth-order valence-electron chi connectivity index (χ4n) is 1.79. The molecule has 0 fully saturated rings. The van der Waals surface area contributed by atoms with Crippen LogP contribution in [-0.2, 0) is 13.2 Å². The van der Waals surface area contributed by atoms with Crippen molar-refractivity contribution in [2.24, 2.45) is 0 Å². The molecule has 0 unspecified atom stereocenters. The molecular weight excluding hydrogens is 407 g/mol. The van der Waals surface area contributed by atoms with Crippen LogP contribution in [0, 0.1) is 5.82 Å². The summed E-state index contributed by atoms with van der Waals surface area (Å²) in [6.45, 7) is 0.187. The molecule has 0 heterocycles. The summed E-state index contributed by atoms with van der Waals surface area (Å²) in [5.41, 5.74) is 1.54. The van der Waals surface area contributed by atoms with Crippen LogP contribution in [0.4, 0.5) is 4.39 Å². The summed E-state index contributed by atoms with van der Waals surface area (Å²) in [6.07, 6.45) is 0. The molecule has 0 radical (unpaired) electrons. The number of rotatable bonds is 5. The Labute approximate surface area is 139 Å². The van der Waals surface area contributed by atoms with Gasteiger partial charge in [-0.25, -0.2) is 4.39 Å². The SMILES string of the molecule is COc1cc(CO)cc(Br)c1OCc1ccc(F)c(Br)c1. The summed E-state index contributed by atoms with van der Waals surface area (Å²) in [5, 5.41) is 9.18. The average Bonchev–Trinajstić information content (AvgIpc) is 2.48. The molecule has 0 saturated heterocycles. The van der Waals surface area contributed by atoms with E-state index in [-0.39, 0.29) is 19.0 Å². The smallest absolute Gasteiger partial charge is 0.175 e. The minimum Gasteiger partial charge on any atom is -0.493 e. The Kier molecular flexibility index (Phi) is 5.61. The van der Waals surface area contributed by atoms with Gasteiger partial charge in [0.2, 0.25) is 0 Å². The van der Waals surface area contributed by atoms with Gasteiger partial charge in [-0.05, 0) is 67.3 Å². The Bertz CT molecular complexity index is 647. The van der Waals surface area contributed by atoms with Gasteiger partial charge in [-0.2, -0.15) is 0 Å². The van der Waals surface area contributed by atoms with Crippen LogP contribution in [0.1, 0.15) is 11.1 Å². The molecule has 0 bridgehead atoms. The summed E-state index contributed by atoms with van der Waals surface area (Å²) in [4.78, 5) is 0. The van der Waals surface area contributed by atoms with E-state index in [1.807, 2.05) is 0 Å². The van der Waals surface area contributed by atoms with Crippen molar-refractivity contribution in [3.8, 4) is 11.5 Å². The van der Waals surface area contributed by atoms with E-state index >= 15 is 0 Å². The van der Waals surface area contributed by atoms with Gasteiger partial charge in [-0.3, -0.25) is 0 Å². The van der Waals surface area contributed by atoms with Gasteiger partial charge in [0.15, 0.2) is 11.5 Å². The molecule has 1 N–H and O–H groups in total. The van der Waals surface area contributed by atoms with Gasteiger partial charge >= 0.3 is 0 Å². The number of halogens is 3. The third-order valence-electron chi connectivity index (χ3n) is 2.84. The van der Waals surface area contributed by atoms with Crippen LogP contribution in [0.25, 0.3) is 0 Å². The molecule has 0 aliphatic rings. The Morgan fingerprint density at radius 2 is 1.81 bits per heavy atom. The summed E-state index contributed by atoms with van der Waals surface area (Å²) in [6, 6.07) is 8.17. The zero-order valence-corrected chi connectivity index (χ0v) is 14.4. The summed E-state index contributed by atoms with van der Waals surface area (Å²) >= 11 is 6.54. The Morgan fingerprint density at radius 1 is 1.10 bits per heavy atom. The molecule has 0 aliphatic carbocycles. The Morgan fingerprint density at radius 3 is 2.43 bits per heavy atom. The number of ether oxygens (including phenoxy) is 2. The van der Waals surface area contributed by atoms with Crippen molar-refractivity contribution in [1.82, 2.24) is 0 Å². The van der Waals surface area contributed by atoms with E-state index < -0.39 is 0 Å². The highest BCUT2D eigenvalue weighted by Gasteiger charge is 2.12. The van der Waals surface area contributed by atoms with Crippen LogP contribution in [0.5, 0.6) is 11.5 Å². The molecule has 2 aromatic carbocycles. The van der Waals surface area contributed by atoms with Gasteiger partial charge in [-0.15, -0.1) is 0 Å². The van der Waals surface area contributed by atoms with Crippen molar-refractivity contribution < 1.29 is 19.0 Å². The molecular formula is C15H13Br2FO3. The number of hydrogen-bond acceptors (Lipinski definition) is 3. The topological polar surface area (TPSA) is 38.7 Å². The fraction of sp³-hybridized carbons (Fsp3) is 0.200. The van der Waals surface area contributed by atoms with Crippen molar-refractivity contribution in [2.75, 3.05) is 7.11 Å². The standard InChI is InChI=1S/C15H13Br2FO3/c1-20-14-6-10(7-19)5-12(17)15(14)21-8-9-2-3-13(18)11(16)4-9/h2-6,19H,7-8H2,1H3. The lowest BCUT2D eigenvalue weighted by atomic mass is 10.2. The monoisotopic (exact) mass is 418 g/mol. The van der Waals surface area contributed by atoms with Gasteiger partial charge < -0.3 is 14.6 Å². The average molecular weight is 420 g/mol. The fourth-order valence-corrected chi connectivity index (χ4v) is 2.82. The lowest BCUT2D eigenvalue weighted by molar-refractivity contribution is 0.273. The summed E-state index contributed by atoms with van der Waals surface area (Å²) in [7, 11) is 1.53. The first-order valence-corrected chi connectivity index (χ1v) is 7.67. The highest BCUT2D eigenvalue weighted by atomic mass is 79.9. The van der Waals surface area contributed by atoms with Gasteiger partial charge in [0, 0.05) is 0 Å². The second-order valence-electron chi connectivity index (χ2n) is 4.30. The van der Waals surface area contributed by atoms with Crippen LogP contribution in [0.3, 0.4) is 0 Å². The number of hydrogen-bond donors (Lipinski definition) is 1. The third kappa shape index (κ3) is 3.96. The zero-order chi connectivity index (χ0) is 15.4. The normalized spacial score (nSPS) is 10.5. The van der Waals surface area contributed by atoms with Crippen molar-refractivity contribution in [3.05, 3.63) is 56.2 Å². The number of aliphatic hydroxyl groups is 1. The molecule has 112 valence electrons. The van der Waals surface area contributed by atoms with Gasteiger partial charge in [-0.1, -0.05) is 6.07 Å². The predicted octanol–water partition coefficient (Wildman–Crippen LogP) is 4.43. The lowest BCUT2D eigenvalue weighted by Gasteiger charge is -2.14. The minimum atomic E-state index is -0.315. The van der Waals surface area contributed by atoms with Crippen molar-refractivity contribution in [1.29, 1.82) is 0 Å². The number of benzene rings is 2. The molecule has 0 atom stereocenters. The molecule has 0 saturated carbocycles. The van der Waals surface area contributed by atoms with Gasteiger partial charge in [0.1, 0.15) is 12.4 Å². The highest BCUT2D eigenvalue weighted by Crippen LogP contribution is 2.37. The van der Waals surface area contributed by atoms with Crippen molar-refractivity contribution in [2.45, 2.75) is 13.2 Å². The minimum absolute atomic E-state index is 0.0832. The van der Waals surface area contributed by atoms with Crippen molar-refractivity contribution >= 4 is 31.9 Å². The van der Waals surface area contributed by atoms with E-state index in [4.69, 9.17) is 9.47 Å². The van der Waals surface area contributed by atoms with E-state index in [2.05, 4.69) is 31.9 Å². The summed E-state index contributed by atoms with van der Waals surface area (Å²) < 4.78 is 25.3. The maximum Gasteiger partial charge on any atom is 0.175 e. The molecule has 3 nitrogen and oxygen atoms in total. The first-order valence-electron chi connectivity index (χ1n) is 6.09. The quantitative estimate of drug-likeness (QED) is 0.778. The molecule has 2 rings (SSSR count). The van der Waals surface area contributed by atoms with Crippen LogP contribution in [0.2, 0.25) is 0 Å². The molecule has 2 aromatic rings. The Hall–Kier alpha value is -1.11. The molecule has 21 heavy (non-hydrogen) atoms. The first-order chi connectivity index (χ1) is 10.0. The maximum atomic E-state index is 13.2. The van der Waals surface area contributed by atoms with Crippen molar-refractivity contribution in [3.63, 3.8) is 0 Å². The molecule has 0 aromatic heterocycles. The number of aliphatic hydroxyl groups excluding tert-OH is 1. The van der Waals surface area contributed by atoms with E-state index in [0.29, 0.717) is 20.4 Å². The first kappa shape index (κ1) is 16.3. The molecule has 0 amide bonds. The van der Waals surface area contributed by atoms with Crippen LogP contribution in [-0.4, -0.2) is 12.2 Å². The third-order valence-corrected chi connectivity index (χ3v) is 4.04. The largest absolute Gasteiger partial charge is 0.493 e. The van der Waals surface area contributed by atoms with E-state index in [0.717, 1.165) is 11.1 Å². The van der Waals surface area contributed by atoms with E-state index in [1.165, 1.54) is 13.2 Å². The molecule has 0 spiro atoms. The second kappa shape index (κ2) is 7.24. The van der Waals surface area contributed by atoms with E-state index in [9.17, 15) is 9.50 Å². The molecule has 0 aliphatic heterocycles. The van der Waals surface area contributed by atoms with Gasteiger partial charge in [0.05, 0.1) is 22.7 Å². The zero-order valence-electron chi connectivity index (χ0n) is 11.2. The molecule has 6 heteroatoms. The van der Waals surface area contributed by atoms with E-state index in [1.54, 1.807) is 24.3 Å². The van der Waals surface area contributed by atoms with Crippen LogP contribution < -0.4 is 9.47 Å². The van der Waals surface area contributed by atoms with Gasteiger partial charge in [0.25, 0.3) is 0 Å². The lowest BCUT2D eigenvalue weighted by Crippen LogP contribution is -2.00. The second-order valence-corrected chi connectivity index (χ2v) is 6.01. The highest BCUT2D eigenvalue weighted by molar-refractivity contribution is 9.10. The van der Waals surface area contributed by atoms with Crippen LogP contribution >= 0.6 is 31.9 Å². The van der Waals surface area contributed by atoms with Crippen LogP contribution in [0.15, 0.2) is 39.3 Å². The maximum absolute atomic E-state index is 13.2. The Balaban J connectivity index is 2.21. The summed E-state index contributed by atoms with van der Waals surface area (Å²) in [5.74, 6) is 0.745. The number of methoxy groups -OCH3 is 1.